The summed E-state index contributed by atoms with van der Waals surface area (Å²) >= 11 is 1.63. The molecule has 0 aliphatic rings. The molecule has 1 amide bonds. The van der Waals surface area contributed by atoms with Crippen molar-refractivity contribution in [3.63, 3.8) is 0 Å². The molecule has 1 aromatic heterocycles. The molecule has 1 aromatic rings. The van der Waals surface area contributed by atoms with Crippen LogP contribution in [-0.4, -0.2) is 5.91 Å². The normalized spacial score (nSPS) is 12.8. The Morgan fingerprint density at radius 2 is 2.17 bits per heavy atom. The molecule has 0 aliphatic heterocycles. The molecule has 18 heavy (non-hydrogen) atoms. The SMILES string of the molecule is CCC(NC(=O)C(C#N)(CC)CC)c1cccs1. The lowest BCUT2D eigenvalue weighted by atomic mass is 9.83. The average molecular weight is 264 g/mol. The highest BCUT2D eigenvalue weighted by molar-refractivity contribution is 7.10. The first kappa shape index (κ1) is 14.7. The Hall–Kier alpha value is -1.34. The fraction of sp³-hybridized carbons (Fsp3) is 0.571. The fourth-order valence-electron chi connectivity index (χ4n) is 1.94. The van der Waals surface area contributed by atoms with Crippen molar-refractivity contribution < 1.29 is 4.79 Å². The summed E-state index contributed by atoms with van der Waals surface area (Å²) in [6.45, 7) is 5.81. The molecule has 0 aromatic carbocycles. The van der Waals surface area contributed by atoms with Crippen LogP contribution in [0.1, 0.15) is 51.0 Å². The number of rotatable bonds is 6. The molecule has 0 bridgehead atoms. The van der Waals surface area contributed by atoms with Crippen LogP contribution in [0.25, 0.3) is 0 Å². The summed E-state index contributed by atoms with van der Waals surface area (Å²) in [5, 5.41) is 14.3. The molecule has 4 heteroatoms. The van der Waals surface area contributed by atoms with Gasteiger partial charge in [0.2, 0.25) is 5.91 Å². The smallest absolute Gasteiger partial charge is 0.240 e. The van der Waals surface area contributed by atoms with E-state index in [4.69, 9.17) is 0 Å². The highest BCUT2D eigenvalue weighted by Crippen LogP contribution is 2.28. The van der Waals surface area contributed by atoms with Crippen molar-refractivity contribution in [1.82, 2.24) is 5.32 Å². The number of hydrogen-bond donors (Lipinski definition) is 1. The molecule has 0 spiro atoms. The summed E-state index contributed by atoms with van der Waals surface area (Å²) in [7, 11) is 0. The van der Waals surface area contributed by atoms with Crippen LogP contribution in [0.3, 0.4) is 0 Å². The summed E-state index contributed by atoms with van der Waals surface area (Å²) in [5.41, 5.74) is -0.884. The van der Waals surface area contributed by atoms with Crippen molar-refractivity contribution in [3.8, 4) is 6.07 Å². The molecule has 1 atom stereocenters. The Labute approximate surface area is 113 Å². The maximum absolute atomic E-state index is 12.3. The number of nitrogens with one attached hydrogen (secondary N) is 1. The molecule has 3 nitrogen and oxygen atoms in total. The van der Waals surface area contributed by atoms with Crippen LogP contribution in [0, 0.1) is 16.7 Å². The molecule has 98 valence electrons. The molecular weight excluding hydrogens is 244 g/mol. The van der Waals surface area contributed by atoms with E-state index >= 15 is 0 Å². The Balaban J connectivity index is 2.83. The lowest BCUT2D eigenvalue weighted by Crippen LogP contribution is -2.41. The molecule has 1 unspecified atom stereocenters. The molecule has 1 heterocycles. The predicted molar refractivity (Wildman–Crippen MR) is 74.1 cm³/mol. The maximum atomic E-state index is 12.3. The van der Waals surface area contributed by atoms with E-state index in [2.05, 4.69) is 11.4 Å². The van der Waals surface area contributed by atoms with E-state index < -0.39 is 5.41 Å². The van der Waals surface area contributed by atoms with Gasteiger partial charge in [0.25, 0.3) is 0 Å². The molecule has 0 aliphatic carbocycles. The van der Waals surface area contributed by atoms with Gasteiger partial charge in [-0.1, -0.05) is 26.8 Å². The Morgan fingerprint density at radius 3 is 2.56 bits per heavy atom. The Bertz CT molecular complexity index is 416. The van der Waals surface area contributed by atoms with Crippen molar-refractivity contribution in [1.29, 1.82) is 5.26 Å². The second-order valence-corrected chi connectivity index (χ2v) is 5.33. The third kappa shape index (κ3) is 2.91. The summed E-state index contributed by atoms with van der Waals surface area (Å²) in [5.74, 6) is -0.143. The zero-order valence-electron chi connectivity index (χ0n) is 11.2. The minimum absolute atomic E-state index is 0.0170. The van der Waals surface area contributed by atoms with E-state index in [9.17, 15) is 10.1 Å². The topological polar surface area (TPSA) is 52.9 Å². The predicted octanol–water partition coefficient (Wildman–Crippen LogP) is 3.65. The number of nitrogens with zero attached hydrogens (tertiary/aromatic N) is 1. The van der Waals surface area contributed by atoms with Gasteiger partial charge in [0.15, 0.2) is 0 Å². The minimum atomic E-state index is -0.884. The first-order valence-electron chi connectivity index (χ1n) is 6.39. The maximum Gasteiger partial charge on any atom is 0.240 e. The van der Waals surface area contributed by atoms with Crippen molar-refractivity contribution in [2.75, 3.05) is 0 Å². The molecule has 0 saturated carbocycles. The molecule has 1 N–H and O–H groups in total. The van der Waals surface area contributed by atoms with Crippen LogP contribution >= 0.6 is 11.3 Å². The number of nitriles is 1. The van der Waals surface area contributed by atoms with Crippen molar-refractivity contribution in [2.24, 2.45) is 5.41 Å². The molecule has 0 fully saturated rings. The van der Waals surface area contributed by atoms with E-state index in [1.54, 1.807) is 11.3 Å². The van der Waals surface area contributed by atoms with Crippen molar-refractivity contribution in [3.05, 3.63) is 22.4 Å². The van der Waals surface area contributed by atoms with Crippen LogP contribution in [0.2, 0.25) is 0 Å². The first-order chi connectivity index (χ1) is 8.63. The molecular formula is C14H20N2OS. The number of carbonyl (C=O) groups excluding carboxylic acids is 1. The highest BCUT2D eigenvalue weighted by Gasteiger charge is 2.36. The molecule has 0 radical (unpaired) electrons. The van der Waals surface area contributed by atoms with E-state index in [-0.39, 0.29) is 11.9 Å². The van der Waals surface area contributed by atoms with Gasteiger partial charge in [-0.05, 0) is 30.7 Å². The second kappa shape index (κ2) is 6.55. The van der Waals surface area contributed by atoms with E-state index in [0.29, 0.717) is 12.8 Å². The summed E-state index contributed by atoms with van der Waals surface area (Å²) in [6.07, 6.45) is 1.93. The third-order valence-corrected chi connectivity index (χ3v) is 4.44. The van der Waals surface area contributed by atoms with Gasteiger partial charge in [0, 0.05) is 4.88 Å². The number of hydrogen-bond acceptors (Lipinski definition) is 3. The zero-order valence-corrected chi connectivity index (χ0v) is 12.0. The van der Waals surface area contributed by atoms with Gasteiger partial charge in [-0.15, -0.1) is 11.3 Å². The summed E-state index contributed by atoms with van der Waals surface area (Å²) < 4.78 is 0. The average Bonchev–Trinajstić information content (AvgIpc) is 2.92. The van der Waals surface area contributed by atoms with E-state index in [1.807, 2.05) is 38.3 Å². The van der Waals surface area contributed by atoms with Crippen LogP contribution in [0.5, 0.6) is 0 Å². The monoisotopic (exact) mass is 264 g/mol. The van der Waals surface area contributed by atoms with Gasteiger partial charge < -0.3 is 5.32 Å². The standard InChI is InChI=1S/C14H20N2OS/c1-4-11(12-8-7-9-18-12)16-13(17)14(5-2,6-3)10-15/h7-9,11H,4-6H2,1-3H3,(H,16,17). The number of thiophene rings is 1. The fourth-order valence-corrected chi connectivity index (χ4v) is 2.80. The minimum Gasteiger partial charge on any atom is -0.347 e. The van der Waals surface area contributed by atoms with Gasteiger partial charge in [-0.25, -0.2) is 0 Å². The highest BCUT2D eigenvalue weighted by atomic mass is 32.1. The second-order valence-electron chi connectivity index (χ2n) is 4.35. The van der Waals surface area contributed by atoms with E-state index in [0.717, 1.165) is 11.3 Å². The van der Waals surface area contributed by atoms with Gasteiger partial charge in [-0.2, -0.15) is 5.26 Å². The van der Waals surface area contributed by atoms with Crippen molar-refractivity contribution in [2.45, 2.75) is 46.1 Å². The lowest BCUT2D eigenvalue weighted by molar-refractivity contribution is -0.129. The first-order valence-corrected chi connectivity index (χ1v) is 7.27. The van der Waals surface area contributed by atoms with Crippen LogP contribution in [0.4, 0.5) is 0 Å². The van der Waals surface area contributed by atoms with Gasteiger partial charge in [0.1, 0.15) is 5.41 Å². The summed E-state index contributed by atoms with van der Waals surface area (Å²) in [4.78, 5) is 13.4. The van der Waals surface area contributed by atoms with Crippen molar-refractivity contribution >= 4 is 17.2 Å². The van der Waals surface area contributed by atoms with Gasteiger partial charge >= 0.3 is 0 Å². The Morgan fingerprint density at radius 1 is 1.50 bits per heavy atom. The van der Waals surface area contributed by atoms with Crippen LogP contribution in [-0.2, 0) is 4.79 Å². The van der Waals surface area contributed by atoms with Gasteiger partial charge in [0.05, 0.1) is 12.1 Å². The van der Waals surface area contributed by atoms with Gasteiger partial charge in [-0.3, -0.25) is 4.79 Å². The number of carbonyl (C=O) groups is 1. The van der Waals surface area contributed by atoms with Crippen LogP contribution < -0.4 is 5.32 Å². The number of amides is 1. The zero-order chi connectivity index (χ0) is 13.6. The van der Waals surface area contributed by atoms with Crippen LogP contribution in [0.15, 0.2) is 17.5 Å². The quantitative estimate of drug-likeness (QED) is 0.852. The largest absolute Gasteiger partial charge is 0.347 e. The summed E-state index contributed by atoms with van der Waals surface area (Å²) in [6, 6.07) is 6.19. The molecule has 1 rings (SSSR count). The molecule has 0 saturated heterocycles. The third-order valence-electron chi connectivity index (χ3n) is 3.46. The Kier molecular flexibility index (Phi) is 5.36. The lowest BCUT2D eigenvalue weighted by Gasteiger charge is -2.25. The van der Waals surface area contributed by atoms with E-state index in [1.165, 1.54) is 0 Å².